The maximum absolute atomic E-state index is 11.1. The van der Waals surface area contributed by atoms with Crippen molar-refractivity contribution in [2.24, 2.45) is 11.8 Å². The third kappa shape index (κ3) is 1.71. The summed E-state index contributed by atoms with van der Waals surface area (Å²) < 4.78 is 1.89. The molecule has 4 nitrogen and oxygen atoms in total. The zero-order chi connectivity index (χ0) is 13.0. The summed E-state index contributed by atoms with van der Waals surface area (Å²) >= 11 is 6.17. The average Bonchev–Trinajstić information content (AvgIpc) is 3.01. The van der Waals surface area contributed by atoms with Crippen molar-refractivity contribution in [3.05, 3.63) is 35.4 Å². The van der Waals surface area contributed by atoms with E-state index in [4.69, 9.17) is 11.6 Å². The van der Waals surface area contributed by atoms with Gasteiger partial charge in [0.1, 0.15) is 0 Å². The lowest BCUT2D eigenvalue weighted by atomic mass is 9.90. The van der Waals surface area contributed by atoms with Crippen LogP contribution in [0.5, 0.6) is 0 Å². The third-order valence-electron chi connectivity index (χ3n) is 4.67. The molecule has 1 saturated heterocycles. The van der Waals surface area contributed by atoms with Gasteiger partial charge in [-0.05, 0) is 43.8 Å². The highest BCUT2D eigenvalue weighted by molar-refractivity contribution is 6.30. The molecule has 100 valence electrons. The molecule has 0 aromatic carbocycles. The monoisotopic (exact) mass is 277 g/mol. The van der Waals surface area contributed by atoms with Crippen molar-refractivity contribution in [1.29, 1.82) is 0 Å². The maximum atomic E-state index is 11.1. The predicted molar refractivity (Wildman–Crippen MR) is 73.2 cm³/mol. The first-order valence-corrected chi connectivity index (χ1v) is 7.08. The van der Waals surface area contributed by atoms with Gasteiger partial charge in [0.2, 0.25) is 0 Å². The molecule has 4 rings (SSSR count). The Morgan fingerprint density at radius 3 is 2.84 bits per heavy atom. The number of hydrogen-bond acceptors (Lipinski definition) is 3. The molecule has 2 aromatic rings. The van der Waals surface area contributed by atoms with Gasteiger partial charge in [0.05, 0.1) is 28.7 Å². The minimum Gasteiger partial charge on any atom is -0.385 e. The number of aromatic nitrogens is 2. The summed E-state index contributed by atoms with van der Waals surface area (Å²) in [5.41, 5.74) is 1.12. The van der Waals surface area contributed by atoms with E-state index in [1.54, 1.807) is 12.5 Å². The molecule has 2 unspecified atom stereocenters. The summed E-state index contributed by atoms with van der Waals surface area (Å²) in [4.78, 5) is 4.16. The molecule has 1 aliphatic heterocycles. The molecule has 2 atom stereocenters. The number of fused-ring (bicyclic) bond motifs is 2. The van der Waals surface area contributed by atoms with Gasteiger partial charge >= 0.3 is 0 Å². The first-order chi connectivity index (χ1) is 9.16. The van der Waals surface area contributed by atoms with E-state index in [-0.39, 0.29) is 0 Å². The van der Waals surface area contributed by atoms with Crippen molar-refractivity contribution in [2.45, 2.75) is 18.4 Å². The fourth-order valence-corrected chi connectivity index (χ4v) is 4.02. The van der Waals surface area contributed by atoms with Crippen LogP contribution in [0.1, 0.15) is 18.4 Å². The van der Waals surface area contributed by atoms with Gasteiger partial charge in [-0.15, -0.1) is 0 Å². The van der Waals surface area contributed by atoms with Crippen molar-refractivity contribution in [1.82, 2.24) is 14.7 Å². The second kappa shape index (κ2) is 3.95. The van der Waals surface area contributed by atoms with E-state index in [1.165, 1.54) is 0 Å². The van der Waals surface area contributed by atoms with Crippen molar-refractivity contribution in [2.75, 3.05) is 13.1 Å². The second-order valence-electron chi connectivity index (χ2n) is 5.88. The van der Waals surface area contributed by atoms with E-state index >= 15 is 0 Å². The second-order valence-corrected chi connectivity index (χ2v) is 6.31. The fourth-order valence-electron chi connectivity index (χ4n) is 3.81. The molecule has 0 amide bonds. The number of pyridine rings is 1. The Morgan fingerprint density at radius 2 is 2.11 bits per heavy atom. The quantitative estimate of drug-likeness (QED) is 0.836. The van der Waals surface area contributed by atoms with Gasteiger partial charge in [-0.3, -0.25) is 0 Å². The number of nitrogens with one attached hydrogen (secondary N) is 1. The lowest BCUT2D eigenvalue weighted by Crippen LogP contribution is -2.26. The predicted octanol–water partition coefficient (Wildman–Crippen LogP) is 1.80. The molecule has 2 aliphatic rings. The highest BCUT2D eigenvalue weighted by atomic mass is 35.5. The van der Waals surface area contributed by atoms with Crippen LogP contribution < -0.4 is 5.32 Å². The maximum Gasteiger partial charge on any atom is 0.0992 e. The van der Waals surface area contributed by atoms with Gasteiger partial charge in [-0.2, -0.15) is 0 Å². The average molecular weight is 278 g/mol. The van der Waals surface area contributed by atoms with E-state index < -0.39 is 5.60 Å². The molecule has 1 saturated carbocycles. The zero-order valence-corrected chi connectivity index (χ0v) is 11.3. The lowest BCUT2D eigenvalue weighted by Gasteiger charge is -2.25. The molecule has 0 spiro atoms. The van der Waals surface area contributed by atoms with Crippen molar-refractivity contribution in [3.63, 3.8) is 0 Å². The Kier molecular flexibility index (Phi) is 2.43. The van der Waals surface area contributed by atoms with Crippen LogP contribution in [0.2, 0.25) is 5.02 Å². The summed E-state index contributed by atoms with van der Waals surface area (Å²) in [5.74, 6) is 1.15. The number of halogens is 1. The van der Waals surface area contributed by atoms with Crippen LogP contribution in [-0.4, -0.2) is 27.6 Å². The first kappa shape index (κ1) is 11.7. The molecule has 0 bridgehead atoms. The molecule has 19 heavy (non-hydrogen) atoms. The van der Waals surface area contributed by atoms with Gasteiger partial charge in [0.25, 0.3) is 0 Å². The van der Waals surface area contributed by atoms with Crippen molar-refractivity contribution < 1.29 is 5.11 Å². The molecule has 2 fully saturated rings. The van der Waals surface area contributed by atoms with Crippen LogP contribution in [0.15, 0.2) is 24.8 Å². The van der Waals surface area contributed by atoms with E-state index in [9.17, 15) is 5.11 Å². The number of rotatable bonds is 1. The molecule has 1 aliphatic carbocycles. The minimum absolute atomic E-state index is 0.576. The normalized spacial score (nSPS) is 34.0. The van der Waals surface area contributed by atoms with Crippen molar-refractivity contribution in [3.8, 4) is 0 Å². The fraction of sp³-hybridized carbons (Fsp3) is 0.500. The highest BCUT2D eigenvalue weighted by Crippen LogP contribution is 2.48. The van der Waals surface area contributed by atoms with Crippen LogP contribution in [0.25, 0.3) is 5.52 Å². The summed E-state index contributed by atoms with van der Waals surface area (Å²) in [5, 5.41) is 15.1. The van der Waals surface area contributed by atoms with E-state index in [2.05, 4.69) is 10.3 Å². The van der Waals surface area contributed by atoms with Gasteiger partial charge in [0, 0.05) is 11.8 Å². The van der Waals surface area contributed by atoms with Gasteiger partial charge in [0.15, 0.2) is 0 Å². The van der Waals surface area contributed by atoms with Gasteiger partial charge in [-0.1, -0.05) is 11.6 Å². The highest BCUT2D eigenvalue weighted by Gasteiger charge is 2.47. The molecular formula is C14H16ClN3O. The van der Waals surface area contributed by atoms with Crippen LogP contribution in [0.3, 0.4) is 0 Å². The van der Waals surface area contributed by atoms with Gasteiger partial charge in [-0.25, -0.2) is 4.98 Å². The van der Waals surface area contributed by atoms with E-state index in [0.717, 1.165) is 37.0 Å². The Hall–Kier alpha value is -1.10. The Bertz CT molecular complexity index is 627. The Labute approximate surface area is 116 Å². The Balaban J connectivity index is 1.83. The molecule has 0 radical (unpaired) electrons. The van der Waals surface area contributed by atoms with Crippen LogP contribution in [0.4, 0.5) is 0 Å². The molecule has 2 N–H and O–H groups in total. The van der Waals surface area contributed by atoms with E-state index in [1.807, 2.05) is 16.7 Å². The summed E-state index contributed by atoms with van der Waals surface area (Å²) in [6, 6.07) is 1.90. The number of hydrogen-bond donors (Lipinski definition) is 2. The summed E-state index contributed by atoms with van der Waals surface area (Å²) in [6.07, 6.45) is 6.98. The molecular weight excluding hydrogens is 262 g/mol. The standard InChI is InChI=1S/C14H16ClN3O/c15-11-1-12(13-6-17-8-18(13)7-11)14(19)2-9-4-16-5-10(9)3-14/h1,6-10,16,19H,2-5H2. The molecule has 2 aromatic heterocycles. The van der Waals surface area contributed by atoms with Crippen LogP contribution >= 0.6 is 11.6 Å². The third-order valence-corrected chi connectivity index (χ3v) is 4.87. The number of nitrogens with zero attached hydrogens (tertiary/aromatic N) is 2. The smallest absolute Gasteiger partial charge is 0.0992 e. The van der Waals surface area contributed by atoms with Crippen LogP contribution in [0, 0.1) is 11.8 Å². The van der Waals surface area contributed by atoms with Gasteiger partial charge < -0.3 is 14.8 Å². The van der Waals surface area contributed by atoms with E-state index in [0.29, 0.717) is 16.9 Å². The first-order valence-electron chi connectivity index (χ1n) is 6.70. The Morgan fingerprint density at radius 1 is 1.37 bits per heavy atom. The summed E-state index contributed by atoms with van der Waals surface area (Å²) in [7, 11) is 0. The number of imidazole rings is 1. The molecule has 5 heteroatoms. The lowest BCUT2D eigenvalue weighted by molar-refractivity contribution is 0.0370. The van der Waals surface area contributed by atoms with Crippen LogP contribution in [-0.2, 0) is 5.60 Å². The zero-order valence-electron chi connectivity index (χ0n) is 10.5. The molecule has 3 heterocycles. The van der Waals surface area contributed by atoms with Crippen molar-refractivity contribution >= 4 is 17.1 Å². The minimum atomic E-state index is -0.760. The topological polar surface area (TPSA) is 49.6 Å². The number of aliphatic hydroxyl groups is 1. The summed E-state index contributed by atoms with van der Waals surface area (Å²) in [6.45, 7) is 2.03. The largest absolute Gasteiger partial charge is 0.385 e. The SMILES string of the molecule is OC1(c2cc(Cl)cn3cncc23)CC2CNCC2C1.